The second-order valence-electron chi connectivity index (χ2n) is 7.21. The number of nitrogens with one attached hydrogen (secondary N) is 1. The van der Waals surface area contributed by atoms with Gasteiger partial charge in [-0.2, -0.15) is 0 Å². The lowest BCUT2D eigenvalue weighted by Crippen LogP contribution is -2.13. The highest BCUT2D eigenvalue weighted by molar-refractivity contribution is 6.07. The van der Waals surface area contributed by atoms with Crippen LogP contribution in [-0.2, 0) is 18.3 Å². The highest BCUT2D eigenvalue weighted by Crippen LogP contribution is 2.16. The van der Waals surface area contributed by atoms with Gasteiger partial charge in [0.2, 0.25) is 11.7 Å². The minimum absolute atomic E-state index is 0.0453. The Hall–Kier alpha value is -3.21. The second-order valence-corrected chi connectivity index (χ2v) is 7.21. The van der Waals surface area contributed by atoms with Crippen molar-refractivity contribution in [2.45, 2.75) is 32.6 Å². The van der Waals surface area contributed by atoms with Crippen LogP contribution in [0, 0.1) is 0 Å². The van der Waals surface area contributed by atoms with E-state index >= 15 is 0 Å². The zero-order chi connectivity index (χ0) is 20.1. The highest BCUT2D eigenvalue weighted by atomic mass is 16.1. The predicted molar refractivity (Wildman–Crippen MR) is 111 cm³/mol. The van der Waals surface area contributed by atoms with Crippen LogP contribution in [0.1, 0.15) is 53.5 Å². The molecule has 3 rings (SSSR count). The minimum Gasteiger partial charge on any atom is -0.331 e. The first-order valence-corrected chi connectivity index (χ1v) is 9.45. The summed E-state index contributed by atoms with van der Waals surface area (Å²) >= 11 is 0. The molecule has 0 bridgehead atoms. The number of carbonyl (C=O) groups excluding carboxylic acids is 2. The molecular weight excluding hydrogens is 350 g/mol. The number of nitrogens with zero attached hydrogens (tertiary/aromatic N) is 2. The van der Waals surface area contributed by atoms with Crippen molar-refractivity contribution in [1.29, 1.82) is 0 Å². The number of aromatic nitrogens is 2. The lowest BCUT2D eigenvalue weighted by molar-refractivity contribution is -0.116. The molecule has 0 saturated carbocycles. The summed E-state index contributed by atoms with van der Waals surface area (Å²) in [5.41, 5.74) is 3.66. The summed E-state index contributed by atoms with van der Waals surface area (Å²) in [5, 5.41) is 2.88. The molecule has 5 nitrogen and oxygen atoms in total. The lowest BCUT2D eigenvalue weighted by Gasteiger charge is -2.08. The van der Waals surface area contributed by atoms with Gasteiger partial charge in [0.25, 0.3) is 0 Å². The number of hydrogen-bond acceptors (Lipinski definition) is 3. The van der Waals surface area contributed by atoms with E-state index in [0.29, 0.717) is 35.8 Å². The number of aryl methyl sites for hydroxylation is 2. The number of carbonyl (C=O) groups is 2. The third kappa shape index (κ3) is 4.74. The third-order valence-electron chi connectivity index (χ3n) is 4.74. The molecule has 5 heteroatoms. The Kier molecular flexibility index (Phi) is 6.04. The summed E-state index contributed by atoms with van der Waals surface area (Å²) in [6, 6.07) is 15.3. The van der Waals surface area contributed by atoms with Crippen LogP contribution in [0.5, 0.6) is 0 Å². The van der Waals surface area contributed by atoms with Gasteiger partial charge in [0.15, 0.2) is 5.82 Å². The second kappa shape index (κ2) is 8.65. The van der Waals surface area contributed by atoms with E-state index in [1.165, 1.54) is 5.56 Å². The number of rotatable bonds is 7. The first-order chi connectivity index (χ1) is 13.4. The van der Waals surface area contributed by atoms with Crippen LogP contribution in [0.15, 0.2) is 60.9 Å². The molecule has 0 fully saturated rings. The molecule has 1 heterocycles. The van der Waals surface area contributed by atoms with E-state index in [1.807, 2.05) is 0 Å². The molecule has 0 aliphatic heterocycles. The number of ketones is 1. The fourth-order valence-electron chi connectivity index (χ4n) is 2.97. The van der Waals surface area contributed by atoms with Crippen molar-refractivity contribution in [2.24, 2.45) is 7.05 Å². The molecule has 3 aromatic rings. The van der Waals surface area contributed by atoms with Gasteiger partial charge < -0.3 is 9.88 Å². The molecule has 0 atom stereocenters. The smallest absolute Gasteiger partial charge is 0.228 e. The molecular formula is C23H25N3O2. The Morgan fingerprint density at radius 3 is 2.29 bits per heavy atom. The van der Waals surface area contributed by atoms with Crippen molar-refractivity contribution in [3.63, 3.8) is 0 Å². The van der Waals surface area contributed by atoms with Crippen molar-refractivity contribution in [3.8, 4) is 0 Å². The van der Waals surface area contributed by atoms with Gasteiger partial charge in [-0.15, -0.1) is 0 Å². The maximum absolute atomic E-state index is 12.4. The lowest BCUT2D eigenvalue weighted by atomic mass is 10.0. The van der Waals surface area contributed by atoms with Gasteiger partial charge in [0.1, 0.15) is 0 Å². The molecule has 144 valence electrons. The summed E-state index contributed by atoms with van der Waals surface area (Å²) in [6.45, 7) is 4.33. The third-order valence-corrected chi connectivity index (χ3v) is 4.74. The Labute approximate surface area is 165 Å². The molecule has 0 unspecified atom stereocenters. The zero-order valence-corrected chi connectivity index (χ0v) is 16.5. The Morgan fingerprint density at radius 2 is 1.71 bits per heavy atom. The summed E-state index contributed by atoms with van der Waals surface area (Å²) in [4.78, 5) is 28.7. The number of anilines is 1. The SMILES string of the molecule is CC(C)c1ccc(CCC(=O)Nc2ccc(C(=O)c3nccn3C)cc2)cc1. The van der Waals surface area contributed by atoms with Crippen LogP contribution in [0.25, 0.3) is 0 Å². The topological polar surface area (TPSA) is 64.0 Å². The van der Waals surface area contributed by atoms with Crippen molar-refractivity contribution in [2.75, 3.05) is 5.32 Å². The van der Waals surface area contributed by atoms with E-state index in [9.17, 15) is 9.59 Å². The maximum Gasteiger partial charge on any atom is 0.228 e. The first-order valence-electron chi connectivity index (χ1n) is 9.45. The van der Waals surface area contributed by atoms with Crippen molar-refractivity contribution in [1.82, 2.24) is 9.55 Å². The summed E-state index contributed by atoms with van der Waals surface area (Å²) < 4.78 is 1.69. The van der Waals surface area contributed by atoms with Crippen LogP contribution < -0.4 is 5.32 Å². The highest BCUT2D eigenvalue weighted by Gasteiger charge is 2.13. The first kappa shape index (κ1) is 19.5. The van der Waals surface area contributed by atoms with E-state index in [4.69, 9.17) is 0 Å². The average molecular weight is 375 g/mol. The van der Waals surface area contributed by atoms with Crippen molar-refractivity contribution in [3.05, 3.63) is 83.4 Å². The molecule has 0 aliphatic carbocycles. The number of benzene rings is 2. The van der Waals surface area contributed by atoms with Gasteiger partial charge in [-0.25, -0.2) is 4.98 Å². The summed E-state index contributed by atoms with van der Waals surface area (Å²) in [5.74, 6) is 0.705. The van der Waals surface area contributed by atoms with Gasteiger partial charge in [-0.3, -0.25) is 9.59 Å². The van der Waals surface area contributed by atoms with Gasteiger partial charge in [0.05, 0.1) is 0 Å². The van der Waals surface area contributed by atoms with E-state index in [-0.39, 0.29) is 11.7 Å². The van der Waals surface area contributed by atoms with E-state index in [1.54, 1.807) is 48.3 Å². The van der Waals surface area contributed by atoms with Gasteiger partial charge in [-0.1, -0.05) is 38.1 Å². The molecule has 1 aromatic heterocycles. The molecule has 0 spiro atoms. The molecule has 2 aromatic carbocycles. The zero-order valence-electron chi connectivity index (χ0n) is 16.5. The monoisotopic (exact) mass is 375 g/mol. The fourth-order valence-corrected chi connectivity index (χ4v) is 2.97. The van der Waals surface area contributed by atoms with Crippen LogP contribution in [0.2, 0.25) is 0 Å². The van der Waals surface area contributed by atoms with Crippen LogP contribution in [0.3, 0.4) is 0 Å². The maximum atomic E-state index is 12.4. The average Bonchev–Trinajstić information content (AvgIpc) is 3.12. The summed E-state index contributed by atoms with van der Waals surface area (Å²) in [6.07, 6.45) is 4.44. The Morgan fingerprint density at radius 1 is 1.04 bits per heavy atom. The fraction of sp³-hybridized carbons (Fsp3) is 0.261. The van der Waals surface area contributed by atoms with Crippen molar-refractivity contribution >= 4 is 17.4 Å². The van der Waals surface area contributed by atoms with E-state index in [2.05, 4.69) is 48.4 Å². The van der Waals surface area contributed by atoms with Gasteiger partial charge in [-0.05, 0) is 47.7 Å². The molecule has 0 aliphatic rings. The molecule has 1 amide bonds. The minimum atomic E-state index is -0.143. The van der Waals surface area contributed by atoms with Gasteiger partial charge in [0, 0.05) is 37.1 Å². The largest absolute Gasteiger partial charge is 0.331 e. The van der Waals surface area contributed by atoms with Gasteiger partial charge >= 0.3 is 0 Å². The number of imidazole rings is 1. The molecule has 1 N–H and O–H groups in total. The molecule has 28 heavy (non-hydrogen) atoms. The normalized spacial score (nSPS) is 10.9. The van der Waals surface area contributed by atoms with Crippen LogP contribution in [-0.4, -0.2) is 21.2 Å². The van der Waals surface area contributed by atoms with E-state index < -0.39 is 0 Å². The standard InChI is InChI=1S/C23H25N3O2/c1-16(2)18-7-4-17(5-8-18)6-13-21(27)25-20-11-9-19(10-12-20)22(28)23-24-14-15-26(23)3/h4-5,7-12,14-16H,6,13H2,1-3H3,(H,25,27). The predicted octanol–water partition coefficient (Wildman–Crippen LogP) is 4.35. The number of hydrogen-bond donors (Lipinski definition) is 1. The van der Waals surface area contributed by atoms with Crippen LogP contribution in [0.4, 0.5) is 5.69 Å². The summed E-state index contributed by atoms with van der Waals surface area (Å²) in [7, 11) is 1.78. The van der Waals surface area contributed by atoms with E-state index in [0.717, 1.165) is 5.56 Å². The van der Waals surface area contributed by atoms with Crippen molar-refractivity contribution < 1.29 is 9.59 Å². The Bertz CT molecular complexity index is 954. The molecule has 0 radical (unpaired) electrons. The van der Waals surface area contributed by atoms with Crippen LogP contribution >= 0.6 is 0 Å². The molecule has 0 saturated heterocycles. The quantitative estimate of drug-likeness (QED) is 0.625. The number of amides is 1. The Balaban J connectivity index is 1.54.